The van der Waals surface area contributed by atoms with E-state index >= 15 is 0 Å². The number of rotatable bonds is 4. The highest BCUT2D eigenvalue weighted by Crippen LogP contribution is 2.26. The molecule has 2 aromatic rings. The van der Waals surface area contributed by atoms with E-state index in [9.17, 15) is 14.7 Å². The van der Waals surface area contributed by atoms with Crippen molar-refractivity contribution in [2.75, 3.05) is 17.2 Å². The van der Waals surface area contributed by atoms with Gasteiger partial charge in [-0.3, -0.25) is 14.6 Å². The predicted octanol–water partition coefficient (Wildman–Crippen LogP) is 1.75. The summed E-state index contributed by atoms with van der Waals surface area (Å²) >= 11 is 0. The number of anilines is 3. The quantitative estimate of drug-likeness (QED) is 0.788. The van der Waals surface area contributed by atoms with Crippen LogP contribution in [0.25, 0.3) is 0 Å². The summed E-state index contributed by atoms with van der Waals surface area (Å²) < 4.78 is 0. The molecule has 0 saturated carbocycles. The number of hydrogen-bond donors (Lipinski definition) is 3. The van der Waals surface area contributed by atoms with Gasteiger partial charge in [-0.15, -0.1) is 0 Å². The normalized spacial score (nSPS) is 19.5. The number of nitrogens with one attached hydrogen (secondary N) is 2. The van der Waals surface area contributed by atoms with Gasteiger partial charge in [0, 0.05) is 38.0 Å². The van der Waals surface area contributed by atoms with Crippen LogP contribution in [0, 0.1) is 0 Å². The average Bonchev–Trinajstić information content (AvgIpc) is 3.00. The molecule has 2 amide bonds. The largest absolute Gasteiger partial charge is 0.391 e. The molecule has 2 heterocycles. The number of hydrogen-bond acceptors (Lipinski definition) is 5. The van der Waals surface area contributed by atoms with Gasteiger partial charge in [0.25, 0.3) is 0 Å². The van der Waals surface area contributed by atoms with Crippen molar-refractivity contribution >= 4 is 28.9 Å². The van der Waals surface area contributed by atoms with E-state index in [-0.39, 0.29) is 24.8 Å². The highest BCUT2D eigenvalue weighted by atomic mass is 16.3. The standard InChI is InChI=1S/C18H20N4O3/c1-12(23)22-11-14(24)10-17(22)18(25)21-16-5-3-2-4-15(16)20-13-6-8-19-9-7-13/h2-9,14,17,24H,10-11H2,1H3,(H,19,20)(H,21,25)/t14-,17+/m0/s1. The van der Waals surface area contributed by atoms with Gasteiger partial charge >= 0.3 is 0 Å². The molecule has 130 valence electrons. The molecule has 3 rings (SSSR count). The van der Waals surface area contributed by atoms with Crippen molar-refractivity contribution in [3.63, 3.8) is 0 Å². The van der Waals surface area contributed by atoms with Crippen LogP contribution in [-0.4, -0.2) is 45.5 Å². The molecule has 0 spiro atoms. The van der Waals surface area contributed by atoms with E-state index < -0.39 is 12.1 Å². The van der Waals surface area contributed by atoms with E-state index in [1.54, 1.807) is 18.5 Å². The molecule has 1 aromatic carbocycles. The van der Waals surface area contributed by atoms with Crippen LogP contribution in [-0.2, 0) is 9.59 Å². The van der Waals surface area contributed by atoms with E-state index in [0.29, 0.717) is 5.69 Å². The number of aliphatic hydroxyl groups is 1. The summed E-state index contributed by atoms with van der Waals surface area (Å²) in [5, 5.41) is 15.9. The Hall–Kier alpha value is -2.93. The number of pyridine rings is 1. The Morgan fingerprint density at radius 3 is 2.52 bits per heavy atom. The molecule has 0 radical (unpaired) electrons. The van der Waals surface area contributed by atoms with Gasteiger partial charge in [0.2, 0.25) is 11.8 Å². The Kier molecular flexibility index (Phi) is 4.95. The maximum Gasteiger partial charge on any atom is 0.247 e. The summed E-state index contributed by atoms with van der Waals surface area (Å²) in [4.78, 5) is 29.7. The summed E-state index contributed by atoms with van der Waals surface area (Å²) in [6.07, 6.45) is 2.91. The van der Waals surface area contributed by atoms with Gasteiger partial charge in [0.1, 0.15) is 6.04 Å². The van der Waals surface area contributed by atoms with E-state index in [4.69, 9.17) is 0 Å². The van der Waals surface area contributed by atoms with Crippen molar-refractivity contribution in [3.8, 4) is 0 Å². The number of aromatic nitrogens is 1. The highest BCUT2D eigenvalue weighted by molar-refractivity contribution is 6.00. The third-order valence-corrected chi connectivity index (χ3v) is 4.13. The lowest BCUT2D eigenvalue weighted by atomic mass is 10.1. The molecule has 2 atom stereocenters. The second-order valence-corrected chi connectivity index (χ2v) is 5.97. The van der Waals surface area contributed by atoms with Gasteiger partial charge in [0.05, 0.1) is 17.5 Å². The van der Waals surface area contributed by atoms with E-state index in [1.807, 2.05) is 30.3 Å². The molecule has 0 aliphatic carbocycles. The number of benzene rings is 1. The zero-order valence-corrected chi connectivity index (χ0v) is 13.8. The lowest BCUT2D eigenvalue weighted by molar-refractivity contribution is -0.134. The summed E-state index contributed by atoms with van der Waals surface area (Å²) in [7, 11) is 0. The number of nitrogens with zero attached hydrogens (tertiary/aromatic N) is 2. The first-order chi connectivity index (χ1) is 12.0. The molecule has 1 saturated heterocycles. The van der Waals surface area contributed by atoms with E-state index in [2.05, 4.69) is 15.6 Å². The maximum atomic E-state index is 12.6. The lowest BCUT2D eigenvalue weighted by Crippen LogP contribution is -2.42. The van der Waals surface area contributed by atoms with Gasteiger partial charge in [-0.2, -0.15) is 0 Å². The minimum Gasteiger partial charge on any atom is -0.391 e. The molecule has 1 aromatic heterocycles. The summed E-state index contributed by atoms with van der Waals surface area (Å²) in [6.45, 7) is 1.58. The van der Waals surface area contributed by atoms with Crippen LogP contribution in [0.15, 0.2) is 48.8 Å². The number of carbonyl (C=O) groups is 2. The van der Waals surface area contributed by atoms with Crippen LogP contribution in [0.3, 0.4) is 0 Å². The molecule has 25 heavy (non-hydrogen) atoms. The van der Waals surface area contributed by atoms with Crippen molar-refractivity contribution in [2.45, 2.75) is 25.5 Å². The van der Waals surface area contributed by atoms with Gasteiger partial charge in [-0.05, 0) is 24.3 Å². The van der Waals surface area contributed by atoms with Crippen molar-refractivity contribution in [1.29, 1.82) is 0 Å². The zero-order chi connectivity index (χ0) is 17.8. The van der Waals surface area contributed by atoms with Crippen molar-refractivity contribution in [1.82, 2.24) is 9.88 Å². The molecule has 3 N–H and O–H groups in total. The van der Waals surface area contributed by atoms with Crippen LogP contribution in [0.1, 0.15) is 13.3 Å². The first-order valence-corrected chi connectivity index (χ1v) is 8.07. The Morgan fingerprint density at radius 1 is 1.16 bits per heavy atom. The van der Waals surface area contributed by atoms with Crippen molar-refractivity contribution in [3.05, 3.63) is 48.8 Å². The average molecular weight is 340 g/mol. The first kappa shape index (κ1) is 16.9. The number of likely N-dealkylation sites (tertiary alicyclic amines) is 1. The van der Waals surface area contributed by atoms with Gasteiger partial charge in [0.15, 0.2) is 0 Å². The molecular weight excluding hydrogens is 320 g/mol. The minimum atomic E-state index is -0.676. The topological polar surface area (TPSA) is 94.6 Å². The molecular formula is C18H20N4O3. The Labute approximate surface area is 145 Å². The Balaban J connectivity index is 1.76. The number of aliphatic hydroxyl groups excluding tert-OH is 1. The van der Waals surface area contributed by atoms with Crippen LogP contribution in [0.4, 0.5) is 17.1 Å². The van der Waals surface area contributed by atoms with Crippen LogP contribution >= 0.6 is 0 Å². The van der Waals surface area contributed by atoms with Crippen molar-refractivity contribution in [2.24, 2.45) is 0 Å². The minimum absolute atomic E-state index is 0.185. The fourth-order valence-electron chi connectivity index (χ4n) is 2.92. The SMILES string of the molecule is CC(=O)N1C[C@@H](O)C[C@@H]1C(=O)Nc1ccccc1Nc1ccncc1. The summed E-state index contributed by atoms with van der Waals surface area (Å²) in [5.74, 6) is -0.532. The fourth-order valence-corrected chi connectivity index (χ4v) is 2.92. The smallest absolute Gasteiger partial charge is 0.247 e. The maximum absolute atomic E-state index is 12.6. The predicted molar refractivity (Wildman–Crippen MR) is 94.4 cm³/mol. The number of β-amino-alcohol motifs (C(OH)–C–C–N with tert-alkyl or cyclic N) is 1. The number of carbonyl (C=O) groups excluding carboxylic acids is 2. The fraction of sp³-hybridized carbons (Fsp3) is 0.278. The van der Waals surface area contributed by atoms with E-state index in [1.165, 1.54) is 11.8 Å². The molecule has 7 heteroatoms. The lowest BCUT2D eigenvalue weighted by Gasteiger charge is -2.22. The third-order valence-electron chi connectivity index (χ3n) is 4.13. The Morgan fingerprint density at radius 2 is 1.84 bits per heavy atom. The molecule has 1 aliphatic rings. The highest BCUT2D eigenvalue weighted by Gasteiger charge is 2.37. The third kappa shape index (κ3) is 3.95. The van der Waals surface area contributed by atoms with Crippen LogP contribution < -0.4 is 10.6 Å². The zero-order valence-electron chi connectivity index (χ0n) is 13.8. The van der Waals surface area contributed by atoms with Gasteiger partial charge in [-0.1, -0.05) is 12.1 Å². The molecule has 1 aliphatic heterocycles. The molecule has 1 fully saturated rings. The first-order valence-electron chi connectivity index (χ1n) is 8.07. The summed E-state index contributed by atoms with van der Waals surface area (Å²) in [5.41, 5.74) is 2.18. The van der Waals surface area contributed by atoms with Crippen LogP contribution in [0.5, 0.6) is 0 Å². The molecule has 0 unspecified atom stereocenters. The number of para-hydroxylation sites is 2. The van der Waals surface area contributed by atoms with Gasteiger partial charge in [-0.25, -0.2) is 0 Å². The second kappa shape index (κ2) is 7.31. The monoisotopic (exact) mass is 340 g/mol. The van der Waals surface area contributed by atoms with E-state index in [0.717, 1.165) is 11.4 Å². The molecule has 7 nitrogen and oxygen atoms in total. The van der Waals surface area contributed by atoms with Crippen molar-refractivity contribution < 1.29 is 14.7 Å². The Bertz CT molecular complexity index is 766. The van der Waals surface area contributed by atoms with Crippen LogP contribution in [0.2, 0.25) is 0 Å². The second-order valence-electron chi connectivity index (χ2n) is 5.97. The van der Waals surface area contributed by atoms with Gasteiger partial charge < -0.3 is 20.6 Å². The molecule has 0 bridgehead atoms. The summed E-state index contributed by atoms with van der Waals surface area (Å²) in [6, 6.07) is 10.3. The number of amides is 2.